The zero-order chi connectivity index (χ0) is 35.6. The van der Waals surface area contributed by atoms with Crippen LogP contribution in [-0.4, -0.2) is 15.0 Å². The molecule has 0 bridgehead atoms. The summed E-state index contributed by atoms with van der Waals surface area (Å²) < 4.78 is 9.35. The van der Waals surface area contributed by atoms with Gasteiger partial charge in [0, 0.05) is 54.3 Å². The highest BCUT2D eigenvalue weighted by Gasteiger charge is 2.20. The molecule has 6 aromatic carbocycles. The first-order valence-corrected chi connectivity index (χ1v) is 18.8. The van der Waals surface area contributed by atoms with Crippen molar-refractivity contribution in [3.63, 3.8) is 0 Å². The molecule has 0 saturated carbocycles. The van der Waals surface area contributed by atoms with Crippen LogP contribution in [0.4, 0.5) is 0 Å². The van der Waals surface area contributed by atoms with Crippen LogP contribution < -0.4 is 0 Å². The minimum atomic E-state index is 0.809. The van der Waals surface area contributed by atoms with Gasteiger partial charge in [0.1, 0.15) is 11.2 Å². The Morgan fingerprint density at radius 3 is 1.78 bits per heavy atom. The van der Waals surface area contributed by atoms with Gasteiger partial charge in [-0.2, -0.15) is 0 Å². The first-order chi connectivity index (χ1) is 26.8. The molecule has 252 valence electrons. The summed E-state index contributed by atoms with van der Waals surface area (Å²) in [5.41, 5.74) is 11.9. The summed E-state index contributed by atoms with van der Waals surface area (Å²) in [6.07, 6.45) is 3.60. The van der Waals surface area contributed by atoms with Crippen molar-refractivity contribution in [2.45, 2.75) is 0 Å². The molecule has 5 heterocycles. The molecule has 0 fully saturated rings. The van der Waals surface area contributed by atoms with Crippen molar-refractivity contribution >= 4 is 64.2 Å². The van der Waals surface area contributed by atoms with E-state index >= 15 is 0 Å². The van der Waals surface area contributed by atoms with Gasteiger partial charge in [0.05, 0.1) is 22.8 Å². The third-order valence-electron chi connectivity index (χ3n) is 10.4. The van der Waals surface area contributed by atoms with Crippen molar-refractivity contribution < 1.29 is 4.42 Å². The number of benzene rings is 6. The van der Waals surface area contributed by atoms with Crippen LogP contribution in [0.2, 0.25) is 0 Å². The molecule has 0 aliphatic rings. The number of hydrogen-bond donors (Lipinski definition) is 0. The predicted octanol–water partition coefficient (Wildman–Crippen LogP) is 13.6. The zero-order valence-corrected chi connectivity index (χ0v) is 29.7. The van der Waals surface area contributed by atoms with E-state index in [2.05, 4.69) is 137 Å². The summed E-state index contributed by atoms with van der Waals surface area (Å²) in [5, 5.41) is 7.10. The molecule has 5 aromatic heterocycles. The molecule has 4 nitrogen and oxygen atoms in total. The van der Waals surface area contributed by atoms with Gasteiger partial charge in [-0.25, -0.2) is 4.98 Å². The van der Waals surface area contributed by atoms with E-state index in [0.29, 0.717) is 0 Å². The Labute approximate surface area is 314 Å². The molecule has 0 spiro atoms. The summed E-state index contributed by atoms with van der Waals surface area (Å²) in [7, 11) is 0. The van der Waals surface area contributed by atoms with E-state index in [-0.39, 0.29) is 0 Å². The lowest BCUT2D eigenvalue weighted by Gasteiger charge is -2.12. The highest BCUT2D eigenvalue weighted by Crippen LogP contribution is 2.46. The molecule has 0 aliphatic heterocycles. The van der Waals surface area contributed by atoms with Crippen LogP contribution in [0, 0.1) is 0 Å². The Balaban J connectivity index is 1.08. The second-order valence-corrected chi connectivity index (χ2v) is 14.6. The summed E-state index contributed by atoms with van der Waals surface area (Å²) in [5.74, 6) is 0. The average Bonchev–Trinajstić information content (AvgIpc) is 3.83. The van der Waals surface area contributed by atoms with Gasteiger partial charge < -0.3 is 4.42 Å². The number of thiophene rings is 1. The second-order valence-electron chi connectivity index (χ2n) is 13.5. The molecule has 0 radical (unpaired) electrons. The SMILES string of the molecule is c1ccc(-c2cc(-c3ccc(-c4cc5c(oc6cccc(-c7cccc8c7sc7ccccc78)c65)c5ccccc45)cc3)cc(-c3ccccn3)n2)nc1. The quantitative estimate of drug-likeness (QED) is 0.179. The fourth-order valence-electron chi connectivity index (χ4n) is 7.90. The lowest BCUT2D eigenvalue weighted by molar-refractivity contribution is 0.673. The van der Waals surface area contributed by atoms with Crippen molar-refractivity contribution in [1.29, 1.82) is 0 Å². The van der Waals surface area contributed by atoms with E-state index in [1.807, 2.05) is 47.7 Å². The van der Waals surface area contributed by atoms with E-state index in [9.17, 15) is 0 Å². The Hall–Kier alpha value is -6.95. The van der Waals surface area contributed by atoms with Gasteiger partial charge in [-0.05, 0) is 87.8 Å². The summed E-state index contributed by atoms with van der Waals surface area (Å²) in [6.45, 7) is 0. The topological polar surface area (TPSA) is 51.8 Å². The maximum atomic E-state index is 6.75. The van der Waals surface area contributed by atoms with Gasteiger partial charge in [0.25, 0.3) is 0 Å². The van der Waals surface area contributed by atoms with Crippen LogP contribution in [0.5, 0.6) is 0 Å². The summed E-state index contributed by atoms with van der Waals surface area (Å²) in [6, 6.07) is 57.6. The fourth-order valence-corrected chi connectivity index (χ4v) is 9.13. The van der Waals surface area contributed by atoms with Crippen molar-refractivity contribution in [2.24, 2.45) is 0 Å². The van der Waals surface area contributed by atoms with Gasteiger partial charge in [0.15, 0.2) is 0 Å². The van der Waals surface area contributed by atoms with Crippen LogP contribution in [0.3, 0.4) is 0 Å². The van der Waals surface area contributed by atoms with Gasteiger partial charge in [-0.3, -0.25) is 9.97 Å². The van der Waals surface area contributed by atoms with E-state index in [1.165, 1.54) is 36.9 Å². The van der Waals surface area contributed by atoms with Crippen LogP contribution in [0.25, 0.3) is 109 Å². The van der Waals surface area contributed by atoms with E-state index < -0.39 is 0 Å². The molecular weight excluding hydrogens is 679 g/mol. The smallest absolute Gasteiger partial charge is 0.143 e. The van der Waals surface area contributed by atoms with Crippen molar-refractivity contribution in [2.75, 3.05) is 0 Å². The number of hydrogen-bond acceptors (Lipinski definition) is 5. The van der Waals surface area contributed by atoms with Gasteiger partial charge >= 0.3 is 0 Å². The third kappa shape index (κ3) is 4.94. The van der Waals surface area contributed by atoms with Gasteiger partial charge in [0.2, 0.25) is 0 Å². The molecule has 0 aliphatic carbocycles. The number of furan rings is 1. The minimum absolute atomic E-state index is 0.809. The second kappa shape index (κ2) is 12.3. The number of aromatic nitrogens is 3. The van der Waals surface area contributed by atoms with Crippen LogP contribution in [0.1, 0.15) is 0 Å². The maximum Gasteiger partial charge on any atom is 0.143 e. The standard InChI is InChI=1S/C49H29N3OS/c1-2-13-36-33(11-1)39(31-23-21-30(22-24-31)32-27-43(41-17-5-7-25-50-41)52-44(28-32)42-18-6-8-26-51-42)29-40-47-35(14-10-19-45(47)53-48(36)40)38-16-9-15-37-34-12-3-4-20-46(34)54-49(37)38/h1-29H. The molecule has 0 N–H and O–H groups in total. The largest absolute Gasteiger partial charge is 0.455 e. The zero-order valence-electron chi connectivity index (χ0n) is 28.9. The first-order valence-electron chi connectivity index (χ1n) is 18.0. The highest BCUT2D eigenvalue weighted by molar-refractivity contribution is 7.26. The van der Waals surface area contributed by atoms with Crippen LogP contribution in [0.15, 0.2) is 181 Å². The number of nitrogens with zero attached hydrogens (tertiary/aromatic N) is 3. The first kappa shape index (κ1) is 30.7. The Bertz CT molecular complexity index is 3140. The average molecular weight is 708 g/mol. The summed E-state index contributed by atoms with van der Waals surface area (Å²) >= 11 is 1.86. The normalized spacial score (nSPS) is 11.7. The monoisotopic (exact) mass is 707 g/mol. The third-order valence-corrected chi connectivity index (χ3v) is 11.6. The molecule has 0 atom stereocenters. The molecule has 11 aromatic rings. The van der Waals surface area contributed by atoms with Crippen molar-refractivity contribution in [3.8, 4) is 56.2 Å². The maximum absolute atomic E-state index is 6.75. The lowest BCUT2D eigenvalue weighted by Crippen LogP contribution is -1.94. The van der Waals surface area contributed by atoms with Gasteiger partial charge in [-0.1, -0.05) is 109 Å². The molecule has 0 unspecified atom stereocenters. The molecule has 5 heteroatoms. The molecule has 11 rings (SSSR count). The van der Waals surface area contributed by atoms with Crippen LogP contribution in [-0.2, 0) is 0 Å². The molecule has 0 saturated heterocycles. The number of pyridine rings is 3. The predicted molar refractivity (Wildman–Crippen MR) is 225 cm³/mol. The molecule has 0 amide bonds. The minimum Gasteiger partial charge on any atom is -0.455 e. The highest BCUT2D eigenvalue weighted by atomic mass is 32.1. The molecule has 54 heavy (non-hydrogen) atoms. The Morgan fingerprint density at radius 2 is 1.04 bits per heavy atom. The van der Waals surface area contributed by atoms with E-state index in [4.69, 9.17) is 9.40 Å². The number of rotatable bonds is 5. The van der Waals surface area contributed by atoms with Crippen molar-refractivity contribution in [3.05, 3.63) is 176 Å². The van der Waals surface area contributed by atoms with Crippen molar-refractivity contribution in [1.82, 2.24) is 15.0 Å². The van der Waals surface area contributed by atoms with Crippen LogP contribution >= 0.6 is 11.3 Å². The van der Waals surface area contributed by atoms with Gasteiger partial charge in [-0.15, -0.1) is 11.3 Å². The molecular formula is C49H29N3OS. The lowest BCUT2D eigenvalue weighted by atomic mass is 9.92. The number of fused-ring (bicyclic) bond motifs is 8. The van der Waals surface area contributed by atoms with E-state index in [0.717, 1.165) is 72.2 Å². The van der Waals surface area contributed by atoms with E-state index in [1.54, 1.807) is 12.4 Å². The summed E-state index contributed by atoms with van der Waals surface area (Å²) in [4.78, 5) is 14.2. The Morgan fingerprint density at radius 1 is 0.407 bits per heavy atom. The fraction of sp³-hybridized carbons (Fsp3) is 0. The Kier molecular flexibility index (Phi) is 7.00.